The highest BCUT2D eigenvalue weighted by Crippen LogP contribution is 2.15. The number of halogens is 1. The Morgan fingerprint density at radius 2 is 1.67 bits per heavy atom. The van der Waals surface area contributed by atoms with Gasteiger partial charge in [-0.05, 0) is 19.1 Å². The van der Waals surface area contributed by atoms with Crippen molar-refractivity contribution in [3.63, 3.8) is 0 Å². The van der Waals surface area contributed by atoms with Gasteiger partial charge in [0, 0.05) is 10.0 Å². The molecule has 1 atom stereocenters. The van der Waals surface area contributed by atoms with Crippen molar-refractivity contribution in [2.75, 3.05) is 6.61 Å². The van der Waals surface area contributed by atoms with E-state index in [-0.39, 0.29) is 12.2 Å². The number of hydrogen-bond donors (Lipinski definition) is 0. The highest BCUT2D eigenvalue weighted by atomic mass is 79.9. The second-order valence-corrected chi connectivity index (χ2v) is 5.51. The maximum absolute atomic E-state index is 12.3. The van der Waals surface area contributed by atoms with Crippen LogP contribution in [0.3, 0.4) is 0 Å². The lowest BCUT2D eigenvalue weighted by atomic mass is 10.1. The van der Waals surface area contributed by atoms with Crippen molar-refractivity contribution in [3.8, 4) is 0 Å². The number of rotatable bonds is 6. The average Bonchev–Trinajstić information content (AvgIpc) is 2.44. The summed E-state index contributed by atoms with van der Waals surface area (Å²) in [5, 5.41) is 0. The summed E-state index contributed by atoms with van der Waals surface area (Å²) in [5.41, 5.74) is 0.271. The van der Waals surface area contributed by atoms with Crippen molar-refractivity contribution in [3.05, 3.63) is 34.3 Å². The molecule has 0 N–H and O–H groups in total. The van der Waals surface area contributed by atoms with E-state index < -0.39 is 29.7 Å². The zero-order chi connectivity index (χ0) is 16.0. The molecule has 0 fully saturated rings. The van der Waals surface area contributed by atoms with Crippen LogP contribution in [0.5, 0.6) is 0 Å². The van der Waals surface area contributed by atoms with Gasteiger partial charge >= 0.3 is 11.9 Å². The third-order valence-electron chi connectivity index (χ3n) is 2.57. The van der Waals surface area contributed by atoms with E-state index in [0.29, 0.717) is 0 Å². The molecule has 0 heterocycles. The van der Waals surface area contributed by atoms with Gasteiger partial charge in [0.05, 0.1) is 12.5 Å². The van der Waals surface area contributed by atoms with Crippen molar-refractivity contribution in [2.45, 2.75) is 26.9 Å². The van der Waals surface area contributed by atoms with Crippen molar-refractivity contribution in [2.24, 2.45) is 5.92 Å². The van der Waals surface area contributed by atoms with Gasteiger partial charge in [0.15, 0.2) is 0 Å². The molecule has 114 valence electrons. The minimum Gasteiger partial charge on any atom is -0.463 e. The van der Waals surface area contributed by atoms with E-state index in [0.717, 1.165) is 4.47 Å². The van der Waals surface area contributed by atoms with Gasteiger partial charge in [0.1, 0.15) is 0 Å². The first-order valence-electron chi connectivity index (χ1n) is 6.53. The fourth-order valence-corrected chi connectivity index (χ4v) is 1.71. The van der Waals surface area contributed by atoms with Crippen LogP contribution in [-0.4, -0.2) is 30.4 Å². The van der Waals surface area contributed by atoms with Crippen molar-refractivity contribution >= 4 is 33.7 Å². The number of carbonyl (C=O) groups excluding carboxylic acids is 3. The van der Waals surface area contributed by atoms with Crippen LogP contribution in [-0.2, 0) is 19.1 Å². The van der Waals surface area contributed by atoms with Crippen LogP contribution < -0.4 is 0 Å². The largest absolute Gasteiger partial charge is 0.463 e. The van der Waals surface area contributed by atoms with Crippen molar-refractivity contribution < 1.29 is 23.9 Å². The summed E-state index contributed by atoms with van der Waals surface area (Å²) in [7, 11) is 0. The molecule has 0 aliphatic rings. The molecule has 1 rings (SSSR count). The monoisotopic (exact) mass is 356 g/mol. The number of benzene rings is 1. The number of hydrogen-bond acceptors (Lipinski definition) is 5. The first-order valence-corrected chi connectivity index (χ1v) is 7.33. The van der Waals surface area contributed by atoms with Crippen LogP contribution in [0.1, 0.15) is 31.1 Å². The fraction of sp³-hybridized carbons (Fsp3) is 0.400. The lowest BCUT2D eigenvalue weighted by Gasteiger charge is -2.16. The van der Waals surface area contributed by atoms with Gasteiger partial charge in [-0.2, -0.15) is 0 Å². The Bertz CT molecular complexity index is 521. The summed E-state index contributed by atoms with van der Waals surface area (Å²) in [5.74, 6) is -2.53. The quantitative estimate of drug-likeness (QED) is 0.445. The second kappa shape index (κ2) is 7.93. The molecule has 0 bridgehead atoms. The van der Waals surface area contributed by atoms with Crippen LogP contribution in [0, 0.1) is 5.92 Å². The summed E-state index contributed by atoms with van der Waals surface area (Å²) in [6.45, 7) is 4.95. The van der Waals surface area contributed by atoms with Crippen molar-refractivity contribution in [1.82, 2.24) is 0 Å². The van der Waals surface area contributed by atoms with Gasteiger partial charge in [-0.3, -0.25) is 9.59 Å². The first kappa shape index (κ1) is 17.4. The average molecular weight is 357 g/mol. The third kappa shape index (κ3) is 4.97. The summed E-state index contributed by atoms with van der Waals surface area (Å²) in [4.78, 5) is 35.9. The van der Waals surface area contributed by atoms with E-state index in [1.165, 1.54) is 0 Å². The van der Waals surface area contributed by atoms with E-state index in [4.69, 9.17) is 9.47 Å². The highest BCUT2D eigenvalue weighted by molar-refractivity contribution is 9.10. The maximum Gasteiger partial charge on any atom is 0.355 e. The van der Waals surface area contributed by atoms with Gasteiger partial charge in [0.25, 0.3) is 6.10 Å². The number of ketones is 1. The summed E-state index contributed by atoms with van der Waals surface area (Å²) in [6, 6.07) is 6.42. The molecule has 1 aromatic rings. The lowest BCUT2D eigenvalue weighted by molar-refractivity contribution is -0.165. The fourth-order valence-electron chi connectivity index (χ4n) is 1.44. The van der Waals surface area contributed by atoms with E-state index in [1.54, 1.807) is 45.0 Å². The zero-order valence-electron chi connectivity index (χ0n) is 12.1. The molecule has 0 spiro atoms. The molecule has 0 aliphatic heterocycles. The predicted molar refractivity (Wildman–Crippen MR) is 79.8 cm³/mol. The molecule has 1 aromatic carbocycles. The summed E-state index contributed by atoms with van der Waals surface area (Å²) < 4.78 is 10.6. The Balaban J connectivity index is 2.99. The molecular weight excluding hydrogens is 340 g/mol. The number of esters is 2. The van der Waals surface area contributed by atoms with Crippen LogP contribution >= 0.6 is 15.9 Å². The highest BCUT2D eigenvalue weighted by Gasteiger charge is 2.33. The molecule has 0 saturated carbocycles. The molecule has 0 amide bonds. The Morgan fingerprint density at radius 3 is 2.14 bits per heavy atom. The van der Waals surface area contributed by atoms with Crippen LogP contribution in [0.2, 0.25) is 0 Å². The minimum absolute atomic E-state index is 0.0994. The van der Waals surface area contributed by atoms with Crippen LogP contribution in [0.15, 0.2) is 28.7 Å². The Hall–Kier alpha value is -1.69. The zero-order valence-corrected chi connectivity index (χ0v) is 13.7. The molecule has 21 heavy (non-hydrogen) atoms. The predicted octanol–water partition coefficient (Wildman–Crippen LogP) is 2.76. The van der Waals surface area contributed by atoms with E-state index in [9.17, 15) is 14.4 Å². The second-order valence-electron chi connectivity index (χ2n) is 4.59. The number of Topliss-reactive ketones (excluding diaryl/α,β-unsaturated/α-hetero) is 1. The number of carbonyl (C=O) groups is 3. The lowest BCUT2D eigenvalue weighted by Crippen LogP contribution is -2.37. The standard InChI is InChI=1S/C15H17BrO5/c1-4-20-15(19)13(21-14(18)9(2)3)12(17)10-5-7-11(16)8-6-10/h5-9,13H,4H2,1-3H3. The Labute approximate surface area is 131 Å². The van der Waals surface area contributed by atoms with E-state index in [2.05, 4.69) is 15.9 Å². The molecule has 0 aromatic heterocycles. The topological polar surface area (TPSA) is 69.7 Å². The SMILES string of the molecule is CCOC(=O)C(OC(=O)C(C)C)C(=O)c1ccc(Br)cc1. The molecule has 0 aliphatic carbocycles. The van der Waals surface area contributed by atoms with E-state index in [1.807, 2.05) is 0 Å². The van der Waals surface area contributed by atoms with Gasteiger partial charge in [-0.25, -0.2) is 4.79 Å². The molecular formula is C15H17BrO5. The Morgan fingerprint density at radius 1 is 1.10 bits per heavy atom. The smallest absolute Gasteiger partial charge is 0.355 e. The first-order chi connectivity index (χ1) is 9.86. The molecule has 5 nitrogen and oxygen atoms in total. The minimum atomic E-state index is -1.57. The molecule has 1 unspecified atom stereocenters. The summed E-state index contributed by atoms with van der Waals surface area (Å²) >= 11 is 3.26. The molecule has 0 saturated heterocycles. The normalized spacial score (nSPS) is 11.9. The van der Waals surface area contributed by atoms with Gasteiger partial charge in [0.2, 0.25) is 5.78 Å². The van der Waals surface area contributed by atoms with Crippen LogP contribution in [0.4, 0.5) is 0 Å². The third-order valence-corrected chi connectivity index (χ3v) is 3.10. The summed E-state index contributed by atoms with van der Waals surface area (Å²) in [6.07, 6.45) is -1.57. The number of ether oxygens (including phenoxy) is 2. The van der Waals surface area contributed by atoms with Crippen LogP contribution in [0.25, 0.3) is 0 Å². The Kier molecular flexibility index (Phi) is 6.55. The van der Waals surface area contributed by atoms with Gasteiger partial charge in [-0.1, -0.05) is 41.9 Å². The maximum atomic E-state index is 12.3. The molecule has 6 heteroatoms. The van der Waals surface area contributed by atoms with E-state index >= 15 is 0 Å². The van der Waals surface area contributed by atoms with Crippen molar-refractivity contribution in [1.29, 1.82) is 0 Å². The van der Waals surface area contributed by atoms with Gasteiger partial charge < -0.3 is 9.47 Å². The molecule has 0 radical (unpaired) electrons. The van der Waals surface area contributed by atoms with Gasteiger partial charge in [-0.15, -0.1) is 0 Å².